The fourth-order valence-corrected chi connectivity index (χ4v) is 2.58. The summed E-state index contributed by atoms with van der Waals surface area (Å²) in [4.78, 5) is 0. The molecule has 2 aromatic carbocycles. The van der Waals surface area contributed by atoms with E-state index in [2.05, 4.69) is 34.5 Å². The smallest absolute Gasteiger partial charge is 0.163 e. The highest BCUT2D eigenvalue weighted by molar-refractivity contribution is 5.74. The molecule has 0 saturated carbocycles. The number of aromatic amines is 1. The van der Waals surface area contributed by atoms with E-state index in [0.717, 1.165) is 35.1 Å². The van der Waals surface area contributed by atoms with Crippen molar-refractivity contribution >= 4 is 0 Å². The van der Waals surface area contributed by atoms with Crippen LogP contribution in [0.1, 0.15) is 24.6 Å². The van der Waals surface area contributed by atoms with Crippen molar-refractivity contribution in [1.29, 1.82) is 5.26 Å². The Morgan fingerprint density at radius 1 is 1.09 bits per heavy atom. The summed E-state index contributed by atoms with van der Waals surface area (Å²) < 4.78 is 13.1. The molecule has 3 aromatic rings. The molecular weight excluding hydrogens is 291 g/mol. The highest BCUT2D eigenvalue weighted by Gasteiger charge is 2.12. The van der Waals surface area contributed by atoms with E-state index >= 15 is 0 Å². The monoisotopic (exact) mass is 306 g/mol. The van der Waals surface area contributed by atoms with Gasteiger partial charge in [-0.2, -0.15) is 5.26 Å². The lowest BCUT2D eigenvalue weighted by Crippen LogP contribution is -1.91. The van der Waals surface area contributed by atoms with Gasteiger partial charge in [0.2, 0.25) is 0 Å². The van der Waals surface area contributed by atoms with Gasteiger partial charge < -0.3 is 0 Å². The van der Waals surface area contributed by atoms with Crippen molar-refractivity contribution in [3.63, 3.8) is 0 Å². The van der Waals surface area contributed by atoms with Gasteiger partial charge in [0.05, 0.1) is 0 Å². The maximum atomic E-state index is 13.1. The summed E-state index contributed by atoms with van der Waals surface area (Å²) in [5.74, 6) is -0.262. The van der Waals surface area contributed by atoms with E-state index in [9.17, 15) is 4.39 Å². The number of benzene rings is 2. The van der Waals surface area contributed by atoms with Crippen LogP contribution < -0.4 is 0 Å². The molecule has 1 aromatic heterocycles. The standard InChI is InChI=1S/C18H15FN4/c1-2-3-12-8-14(13-4-6-16(19)7-5-13)10-15(9-12)18-17(11-20)21-23-22-18/h4-10H,2-3H2,1H3,(H,21,22,23). The number of hydrogen-bond donors (Lipinski definition) is 1. The van der Waals surface area contributed by atoms with Gasteiger partial charge >= 0.3 is 0 Å². The predicted octanol–water partition coefficient (Wildman–Crippen LogP) is 4.10. The summed E-state index contributed by atoms with van der Waals surface area (Å²) in [5.41, 5.74) is 4.75. The van der Waals surface area contributed by atoms with Crippen LogP contribution in [0.3, 0.4) is 0 Å². The van der Waals surface area contributed by atoms with Crippen molar-refractivity contribution in [1.82, 2.24) is 15.4 Å². The van der Waals surface area contributed by atoms with Crippen LogP contribution >= 0.6 is 0 Å². The number of nitrogens with zero attached hydrogens (tertiary/aromatic N) is 3. The molecule has 4 nitrogen and oxygen atoms in total. The molecule has 0 radical (unpaired) electrons. The van der Waals surface area contributed by atoms with Gasteiger partial charge in [-0.3, -0.25) is 0 Å². The third kappa shape index (κ3) is 3.11. The molecule has 1 heterocycles. The fraction of sp³-hybridized carbons (Fsp3) is 0.167. The second-order valence-electron chi connectivity index (χ2n) is 5.32. The van der Waals surface area contributed by atoms with Gasteiger partial charge in [-0.25, -0.2) is 9.49 Å². The van der Waals surface area contributed by atoms with Crippen LogP contribution in [0.2, 0.25) is 0 Å². The van der Waals surface area contributed by atoms with Crippen molar-refractivity contribution in [3.8, 4) is 28.5 Å². The van der Waals surface area contributed by atoms with Gasteiger partial charge in [0.25, 0.3) is 0 Å². The largest absolute Gasteiger partial charge is 0.247 e. The van der Waals surface area contributed by atoms with Crippen molar-refractivity contribution in [3.05, 3.63) is 59.5 Å². The minimum Gasteiger partial charge on any atom is -0.247 e. The molecule has 0 unspecified atom stereocenters. The number of H-pyrrole nitrogens is 1. The number of nitrogens with one attached hydrogen (secondary N) is 1. The number of nitriles is 1. The van der Waals surface area contributed by atoms with Crippen molar-refractivity contribution in [2.45, 2.75) is 19.8 Å². The average molecular weight is 306 g/mol. The van der Waals surface area contributed by atoms with E-state index in [1.54, 1.807) is 12.1 Å². The van der Waals surface area contributed by atoms with E-state index in [1.807, 2.05) is 12.1 Å². The molecular formula is C18H15FN4. The second kappa shape index (κ2) is 6.41. The van der Waals surface area contributed by atoms with Crippen molar-refractivity contribution in [2.75, 3.05) is 0 Å². The molecule has 0 spiro atoms. The van der Waals surface area contributed by atoms with Gasteiger partial charge in [-0.1, -0.05) is 36.8 Å². The van der Waals surface area contributed by atoms with Crippen LogP contribution in [-0.2, 0) is 6.42 Å². The Bertz CT molecular complexity index is 859. The maximum absolute atomic E-state index is 13.1. The topological polar surface area (TPSA) is 65.4 Å². The molecule has 1 N–H and O–H groups in total. The van der Waals surface area contributed by atoms with Crippen LogP contribution in [0.5, 0.6) is 0 Å². The molecule has 0 bridgehead atoms. The van der Waals surface area contributed by atoms with E-state index in [-0.39, 0.29) is 5.82 Å². The predicted molar refractivity (Wildman–Crippen MR) is 85.9 cm³/mol. The number of halogens is 1. The number of hydrogen-bond acceptors (Lipinski definition) is 3. The molecule has 0 saturated heterocycles. The SMILES string of the molecule is CCCc1cc(-c2ccc(F)cc2)cc(-c2nn[nH]c2C#N)c1. The number of rotatable bonds is 4. The Hall–Kier alpha value is -3.00. The van der Waals surface area contributed by atoms with E-state index in [0.29, 0.717) is 11.4 Å². The molecule has 3 rings (SSSR count). The normalized spacial score (nSPS) is 10.5. The van der Waals surface area contributed by atoms with Gasteiger partial charge in [-0.05, 0) is 47.4 Å². The lowest BCUT2D eigenvalue weighted by Gasteiger charge is -2.09. The average Bonchev–Trinajstić information content (AvgIpc) is 3.04. The molecule has 0 aliphatic heterocycles. The molecule has 0 fully saturated rings. The zero-order valence-corrected chi connectivity index (χ0v) is 12.7. The number of aromatic nitrogens is 3. The Morgan fingerprint density at radius 3 is 2.52 bits per heavy atom. The van der Waals surface area contributed by atoms with Crippen molar-refractivity contribution < 1.29 is 4.39 Å². The first-order valence-corrected chi connectivity index (χ1v) is 7.42. The summed E-state index contributed by atoms with van der Waals surface area (Å²) in [5, 5.41) is 19.5. The third-order valence-corrected chi connectivity index (χ3v) is 3.64. The van der Waals surface area contributed by atoms with E-state index in [4.69, 9.17) is 5.26 Å². The third-order valence-electron chi connectivity index (χ3n) is 3.64. The molecule has 0 aliphatic rings. The quantitative estimate of drug-likeness (QED) is 0.789. The lowest BCUT2D eigenvalue weighted by molar-refractivity contribution is 0.628. The number of aryl methyl sites for hydroxylation is 1. The molecule has 0 aliphatic carbocycles. The highest BCUT2D eigenvalue weighted by Crippen LogP contribution is 2.29. The molecule has 0 atom stereocenters. The highest BCUT2D eigenvalue weighted by atomic mass is 19.1. The van der Waals surface area contributed by atoms with Crippen LogP contribution in [0.15, 0.2) is 42.5 Å². The summed E-state index contributed by atoms with van der Waals surface area (Å²) in [7, 11) is 0. The van der Waals surface area contributed by atoms with Crippen LogP contribution in [0.25, 0.3) is 22.4 Å². The zero-order chi connectivity index (χ0) is 16.2. The Labute approximate surface area is 133 Å². The first kappa shape index (κ1) is 14.9. The molecule has 114 valence electrons. The molecule has 23 heavy (non-hydrogen) atoms. The fourth-order valence-electron chi connectivity index (χ4n) is 2.58. The van der Waals surface area contributed by atoms with Gasteiger partial charge in [-0.15, -0.1) is 5.10 Å². The first-order chi connectivity index (χ1) is 11.2. The van der Waals surface area contributed by atoms with E-state index in [1.165, 1.54) is 12.1 Å². The zero-order valence-electron chi connectivity index (χ0n) is 12.7. The second-order valence-corrected chi connectivity index (χ2v) is 5.32. The minimum absolute atomic E-state index is 0.262. The van der Waals surface area contributed by atoms with Crippen LogP contribution in [0.4, 0.5) is 4.39 Å². The Balaban J connectivity index is 2.13. The van der Waals surface area contributed by atoms with Crippen LogP contribution in [-0.4, -0.2) is 15.4 Å². The molecule has 0 amide bonds. The summed E-state index contributed by atoms with van der Waals surface area (Å²) in [6, 6.07) is 14.5. The Kier molecular flexibility index (Phi) is 4.15. The Morgan fingerprint density at radius 2 is 1.83 bits per heavy atom. The van der Waals surface area contributed by atoms with Gasteiger partial charge in [0.1, 0.15) is 17.6 Å². The van der Waals surface area contributed by atoms with Crippen LogP contribution in [0, 0.1) is 17.1 Å². The summed E-state index contributed by atoms with van der Waals surface area (Å²) in [6.45, 7) is 2.11. The van der Waals surface area contributed by atoms with Gasteiger partial charge in [0, 0.05) is 5.56 Å². The van der Waals surface area contributed by atoms with Gasteiger partial charge in [0.15, 0.2) is 5.69 Å². The minimum atomic E-state index is -0.262. The maximum Gasteiger partial charge on any atom is 0.163 e. The lowest BCUT2D eigenvalue weighted by atomic mass is 9.96. The van der Waals surface area contributed by atoms with E-state index < -0.39 is 0 Å². The summed E-state index contributed by atoms with van der Waals surface area (Å²) in [6.07, 6.45) is 1.93. The summed E-state index contributed by atoms with van der Waals surface area (Å²) >= 11 is 0. The first-order valence-electron chi connectivity index (χ1n) is 7.42. The molecule has 5 heteroatoms. The van der Waals surface area contributed by atoms with Crippen molar-refractivity contribution in [2.24, 2.45) is 0 Å².